The molecule has 96 valence electrons. The summed E-state index contributed by atoms with van der Waals surface area (Å²) in [5, 5.41) is 0. The highest BCUT2D eigenvalue weighted by Gasteiger charge is 2.04. The van der Waals surface area contributed by atoms with Gasteiger partial charge in [0.2, 0.25) is 0 Å². The second-order valence-corrected chi connectivity index (χ2v) is 4.55. The molecule has 1 atom stereocenters. The molecule has 0 amide bonds. The third-order valence-corrected chi connectivity index (χ3v) is 2.37. The fourth-order valence-electron chi connectivity index (χ4n) is 1.39. The van der Waals surface area contributed by atoms with Gasteiger partial charge in [-0.15, -0.1) is 0 Å². The minimum Gasteiger partial charge on any atom is -0.493 e. The lowest BCUT2D eigenvalue weighted by atomic mass is 10.1. The predicted octanol–water partition coefficient (Wildman–Crippen LogP) is 3.32. The van der Waals surface area contributed by atoms with Gasteiger partial charge in [-0.2, -0.15) is 5.48 Å². The summed E-state index contributed by atoms with van der Waals surface area (Å²) in [7, 11) is 0. The van der Waals surface area contributed by atoms with Gasteiger partial charge in [0.05, 0.1) is 19.3 Å². The van der Waals surface area contributed by atoms with E-state index in [1.54, 1.807) is 0 Å². The van der Waals surface area contributed by atoms with Crippen LogP contribution in [-0.4, -0.2) is 13.2 Å². The number of ether oxygens (including phenoxy) is 1. The van der Waals surface area contributed by atoms with Gasteiger partial charge in [-0.3, -0.25) is 0 Å². The van der Waals surface area contributed by atoms with Gasteiger partial charge in [0.1, 0.15) is 5.75 Å². The monoisotopic (exact) mass is 237 g/mol. The van der Waals surface area contributed by atoms with E-state index in [4.69, 9.17) is 9.57 Å². The lowest BCUT2D eigenvalue weighted by molar-refractivity contribution is 0.0285. The van der Waals surface area contributed by atoms with Crippen LogP contribution in [-0.2, 0) is 4.84 Å². The molecule has 0 saturated carbocycles. The Morgan fingerprint density at radius 1 is 1.12 bits per heavy atom. The summed E-state index contributed by atoms with van der Waals surface area (Å²) in [6.45, 7) is 9.74. The van der Waals surface area contributed by atoms with Crippen LogP contribution in [0.5, 0.6) is 5.75 Å². The third kappa shape index (κ3) is 5.20. The molecule has 1 rings (SSSR count). The lowest BCUT2D eigenvalue weighted by Gasteiger charge is -2.14. The summed E-state index contributed by atoms with van der Waals surface area (Å²) in [6.07, 6.45) is 0. The molecule has 0 bridgehead atoms. The van der Waals surface area contributed by atoms with Crippen molar-refractivity contribution in [2.45, 2.75) is 33.7 Å². The second-order valence-electron chi connectivity index (χ2n) is 4.55. The average Bonchev–Trinajstić information content (AvgIpc) is 2.34. The Balaban J connectivity index is 2.49. The van der Waals surface area contributed by atoms with Crippen molar-refractivity contribution >= 4 is 0 Å². The van der Waals surface area contributed by atoms with E-state index in [0.717, 1.165) is 12.4 Å². The largest absolute Gasteiger partial charge is 0.493 e. The van der Waals surface area contributed by atoms with Gasteiger partial charge in [0.15, 0.2) is 0 Å². The Hall–Kier alpha value is -1.06. The molecule has 0 radical (unpaired) electrons. The van der Waals surface area contributed by atoms with Crippen LogP contribution >= 0.6 is 0 Å². The zero-order valence-corrected chi connectivity index (χ0v) is 11.2. The Bertz CT molecular complexity index is 309. The van der Waals surface area contributed by atoms with E-state index in [-0.39, 0.29) is 6.04 Å². The van der Waals surface area contributed by atoms with Gasteiger partial charge in [0.25, 0.3) is 0 Å². The Morgan fingerprint density at radius 2 is 1.76 bits per heavy atom. The predicted molar refractivity (Wildman–Crippen MR) is 70.0 cm³/mol. The number of hydrogen-bond acceptors (Lipinski definition) is 3. The topological polar surface area (TPSA) is 30.5 Å². The molecule has 1 unspecified atom stereocenters. The fourth-order valence-corrected chi connectivity index (χ4v) is 1.39. The van der Waals surface area contributed by atoms with Gasteiger partial charge in [-0.1, -0.05) is 26.0 Å². The van der Waals surface area contributed by atoms with Crippen LogP contribution in [0.3, 0.4) is 0 Å². The van der Waals surface area contributed by atoms with E-state index in [1.807, 2.05) is 19.1 Å². The summed E-state index contributed by atoms with van der Waals surface area (Å²) < 4.78 is 5.63. The number of hydrogen-bond donors (Lipinski definition) is 1. The smallest absolute Gasteiger partial charge is 0.119 e. The summed E-state index contributed by atoms with van der Waals surface area (Å²) in [6, 6.07) is 8.32. The zero-order valence-electron chi connectivity index (χ0n) is 11.2. The van der Waals surface area contributed by atoms with Crippen molar-refractivity contribution in [3.8, 4) is 5.75 Å². The molecule has 0 heterocycles. The van der Waals surface area contributed by atoms with Crippen LogP contribution in [0.1, 0.15) is 39.3 Å². The van der Waals surface area contributed by atoms with Gasteiger partial charge in [-0.05, 0) is 37.5 Å². The molecule has 0 aliphatic heterocycles. The molecule has 3 heteroatoms. The Labute approximate surface area is 104 Å². The fraction of sp³-hybridized carbons (Fsp3) is 0.571. The van der Waals surface area contributed by atoms with Gasteiger partial charge in [0, 0.05) is 0 Å². The standard InChI is InChI=1S/C14H23NO2/c1-5-17-15-12(4)13-6-8-14(9-7-13)16-10-11(2)3/h6-9,11-12,15H,5,10H2,1-4H3. The van der Waals surface area contributed by atoms with Crippen molar-refractivity contribution in [1.29, 1.82) is 0 Å². The van der Waals surface area contributed by atoms with Crippen LogP contribution < -0.4 is 10.2 Å². The molecule has 0 aliphatic carbocycles. The summed E-state index contributed by atoms with van der Waals surface area (Å²) in [4.78, 5) is 5.18. The highest BCUT2D eigenvalue weighted by Crippen LogP contribution is 2.18. The quantitative estimate of drug-likeness (QED) is 0.738. The molecule has 0 fully saturated rings. The van der Waals surface area contributed by atoms with Crippen LogP contribution in [0.15, 0.2) is 24.3 Å². The first-order chi connectivity index (χ1) is 8.13. The summed E-state index contributed by atoms with van der Waals surface area (Å²) in [5.41, 5.74) is 4.17. The second kappa shape index (κ2) is 7.30. The van der Waals surface area contributed by atoms with Crippen LogP contribution in [0.25, 0.3) is 0 Å². The SMILES string of the molecule is CCONC(C)c1ccc(OCC(C)C)cc1. The maximum Gasteiger partial charge on any atom is 0.119 e. The lowest BCUT2D eigenvalue weighted by Crippen LogP contribution is -2.18. The van der Waals surface area contributed by atoms with Crippen molar-refractivity contribution in [2.24, 2.45) is 5.92 Å². The van der Waals surface area contributed by atoms with Crippen molar-refractivity contribution < 1.29 is 9.57 Å². The minimum atomic E-state index is 0.189. The maximum atomic E-state index is 5.63. The highest BCUT2D eigenvalue weighted by atomic mass is 16.6. The minimum absolute atomic E-state index is 0.189. The molecular formula is C14H23NO2. The van der Waals surface area contributed by atoms with Gasteiger partial charge < -0.3 is 9.57 Å². The Morgan fingerprint density at radius 3 is 2.29 bits per heavy atom. The maximum absolute atomic E-state index is 5.63. The first-order valence-corrected chi connectivity index (χ1v) is 6.23. The van der Waals surface area contributed by atoms with Crippen LogP contribution in [0.2, 0.25) is 0 Å². The molecule has 17 heavy (non-hydrogen) atoms. The van der Waals surface area contributed by atoms with Crippen molar-refractivity contribution in [1.82, 2.24) is 5.48 Å². The highest BCUT2D eigenvalue weighted by molar-refractivity contribution is 5.28. The third-order valence-electron chi connectivity index (χ3n) is 2.37. The number of hydroxylamine groups is 1. The van der Waals surface area contributed by atoms with E-state index in [1.165, 1.54) is 5.56 Å². The number of rotatable bonds is 7. The zero-order chi connectivity index (χ0) is 12.7. The molecule has 0 saturated heterocycles. The molecule has 3 nitrogen and oxygen atoms in total. The van der Waals surface area contributed by atoms with Crippen molar-refractivity contribution in [3.05, 3.63) is 29.8 Å². The van der Waals surface area contributed by atoms with Crippen molar-refractivity contribution in [3.63, 3.8) is 0 Å². The first kappa shape index (κ1) is 14.0. The van der Waals surface area contributed by atoms with Crippen molar-refractivity contribution in [2.75, 3.05) is 13.2 Å². The van der Waals surface area contributed by atoms with E-state index in [2.05, 4.69) is 38.4 Å². The molecule has 1 aromatic carbocycles. The number of nitrogens with one attached hydrogen (secondary N) is 1. The summed E-state index contributed by atoms with van der Waals surface area (Å²) >= 11 is 0. The molecule has 0 aliphatic rings. The molecule has 0 spiro atoms. The number of benzene rings is 1. The van der Waals surface area contributed by atoms with Crippen LogP contribution in [0.4, 0.5) is 0 Å². The summed E-state index contributed by atoms with van der Waals surface area (Å²) in [5.74, 6) is 1.47. The van der Waals surface area contributed by atoms with Gasteiger partial charge >= 0.3 is 0 Å². The Kier molecular flexibility index (Phi) is 6.01. The first-order valence-electron chi connectivity index (χ1n) is 6.23. The average molecular weight is 237 g/mol. The van der Waals surface area contributed by atoms with E-state index in [0.29, 0.717) is 12.5 Å². The molecule has 1 N–H and O–H groups in total. The molecular weight excluding hydrogens is 214 g/mol. The van der Waals surface area contributed by atoms with E-state index in [9.17, 15) is 0 Å². The van der Waals surface area contributed by atoms with Gasteiger partial charge in [-0.25, -0.2) is 0 Å². The molecule has 1 aromatic rings. The van der Waals surface area contributed by atoms with Crippen LogP contribution in [0, 0.1) is 5.92 Å². The molecule has 0 aromatic heterocycles. The van der Waals surface area contributed by atoms with E-state index >= 15 is 0 Å². The van der Waals surface area contributed by atoms with E-state index < -0.39 is 0 Å². The normalized spacial score (nSPS) is 12.8.